The van der Waals surface area contributed by atoms with Gasteiger partial charge in [0.2, 0.25) is 0 Å². The third kappa shape index (κ3) is 3.18. The Balaban J connectivity index is 0.00000169. The maximum atomic E-state index is 10.8. The minimum Gasteiger partial charge on any atom is -0.363 e. The average molecular weight is 217 g/mol. The second-order valence-corrected chi connectivity index (χ2v) is 2.70. The number of rotatable bonds is 4. The van der Waals surface area contributed by atoms with E-state index in [4.69, 9.17) is 5.73 Å². The number of halogens is 1. The van der Waals surface area contributed by atoms with E-state index < -0.39 is 5.91 Å². The van der Waals surface area contributed by atoms with Crippen LogP contribution in [0.15, 0.2) is 6.20 Å². The van der Waals surface area contributed by atoms with Gasteiger partial charge in [0.15, 0.2) is 5.82 Å². The molecule has 0 fully saturated rings. The highest BCUT2D eigenvalue weighted by atomic mass is 35.5. The minimum absolute atomic E-state index is 0. The van der Waals surface area contributed by atoms with E-state index in [1.807, 2.05) is 0 Å². The summed E-state index contributed by atoms with van der Waals surface area (Å²) >= 11 is 0. The van der Waals surface area contributed by atoms with Crippen LogP contribution in [0.25, 0.3) is 0 Å². The van der Waals surface area contributed by atoms with Crippen LogP contribution in [0.2, 0.25) is 0 Å². The van der Waals surface area contributed by atoms with Crippen molar-refractivity contribution in [2.75, 3.05) is 0 Å². The van der Waals surface area contributed by atoms with Crippen molar-refractivity contribution in [1.82, 2.24) is 9.55 Å². The van der Waals surface area contributed by atoms with Crippen LogP contribution >= 0.6 is 12.4 Å². The number of hydrogen-bond donors (Lipinski definition) is 1. The Kier molecular flexibility index (Phi) is 4.86. The third-order valence-corrected chi connectivity index (χ3v) is 1.58. The molecule has 0 aliphatic rings. The maximum absolute atomic E-state index is 10.8. The molecular formula is C8H11ClN3O2. The van der Waals surface area contributed by atoms with E-state index in [0.29, 0.717) is 13.0 Å². The molecule has 14 heavy (non-hydrogen) atoms. The van der Waals surface area contributed by atoms with Crippen LogP contribution in [0.1, 0.15) is 24.0 Å². The number of carbonyl (C=O) groups is 2. The van der Waals surface area contributed by atoms with Crippen molar-refractivity contribution < 1.29 is 9.59 Å². The first-order valence-corrected chi connectivity index (χ1v) is 3.83. The van der Waals surface area contributed by atoms with E-state index in [-0.39, 0.29) is 24.0 Å². The van der Waals surface area contributed by atoms with Crippen molar-refractivity contribution in [1.29, 1.82) is 0 Å². The van der Waals surface area contributed by atoms with Crippen LogP contribution in [0.4, 0.5) is 0 Å². The average Bonchev–Trinajstić information content (AvgIpc) is 2.47. The van der Waals surface area contributed by atoms with Crippen LogP contribution in [0, 0.1) is 6.20 Å². The molecule has 2 N–H and O–H groups in total. The fourth-order valence-corrected chi connectivity index (χ4v) is 0.930. The normalized spacial score (nSPS) is 9.21. The molecule has 6 heteroatoms. The predicted molar refractivity (Wildman–Crippen MR) is 52.1 cm³/mol. The number of aromatic nitrogens is 2. The molecule has 1 aromatic heterocycles. The third-order valence-electron chi connectivity index (χ3n) is 1.58. The van der Waals surface area contributed by atoms with Crippen LogP contribution in [0.3, 0.4) is 0 Å². The number of ketones is 1. The molecule has 1 rings (SSSR count). The lowest BCUT2D eigenvalue weighted by molar-refractivity contribution is -0.117. The van der Waals surface area contributed by atoms with Gasteiger partial charge in [0.1, 0.15) is 12.0 Å². The number of Topliss-reactive ketones (excluding diaryl/α,β-unsaturated/α-hetero) is 1. The predicted octanol–water partition coefficient (Wildman–Crippen LogP) is 0.183. The summed E-state index contributed by atoms with van der Waals surface area (Å²) in [5, 5.41) is 0. The number of carbonyl (C=O) groups excluding carboxylic acids is 2. The van der Waals surface area contributed by atoms with Crippen molar-refractivity contribution in [2.24, 2.45) is 5.73 Å². The highest BCUT2D eigenvalue weighted by Crippen LogP contribution is 1.98. The van der Waals surface area contributed by atoms with Crippen LogP contribution in [-0.2, 0) is 11.3 Å². The quantitative estimate of drug-likeness (QED) is 0.780. The summed E-state index contributed by atoms with van der Waals surface area (Å²) in [5.74, 6) is -0.407. The van der Waals surface area contributed by atoms with E-state index >= 15 is 0 Å². The molecule has 1 amide bonds. The Hall–Kier alpha value is -1.36. The Morgan fingerprint density at radius 3 is 2.79 bits per heavy atom. The Bertz CT molecular complexity index is 335. The fraction of sp³-hybridized carbons (Fsp3) is 0.375. The van der Waals surface area contributed by atoms with Gasteiger partial charge in [-0.05, 0) is 6.92 Å². The molecular weight excluding hydrogens is 206 g/mol. The summed E-state index contributed by atoms with van der Waals surface area (Å²) in [6.45, 7) is 1.91. The monoisotopic (exact) mass is 216 g/mol. The lowest BCUT2D eigenvalue weighted by Gasteiger charge is -2.02. The van der Waals surface area contributed by atoms with Crippen molar-refractivity contribution >= 4 is 24.1 Å². The number of hydrogen-bond acceptors (Lipinski definition) is 3. The molecule has 77 valence electrons. The van der Waals surface area contributed by atoms with Crippen LogP contribution in [-0.4, -0.2) is 21.2 Å². The molecule has 1 radical (unpaired) electrons. The maximum Gasteiger partial charge on any atom is 0.284 e. The SMILES string of the molecule is CC(=O)CCn1c[c]nc1C(N)=O.Cl. The van der Waals surface area contributed by atoms with Crippen molar-refractivity contribution in [3.63, 3.8) is 0 Å². The zero-order valence-electron chi connectivity index (χ0n) is 7.69. The zero-order valence-corrected chi connectivity index (χ0v) is 8.50. The van der Waals surface area contributed by atoms with Crippen molar-refractivity contribution in [3.8, 4) is 0 Å². The van der Waals surface area contributed by atoms with E-state index in [1.54, 1.807) is 0 Å². The first kappa shape index (κ1) is 12.6. The van der Waals surface area contributed by atoms with E-state index in [2.05, 4.69) is 11.2 Å². The summed E-state index contributed by atoms with van der Waals surface area (Å²) in [6, 6.07) is 0. The number of aryl methyl sites for hydroxylation is 1. The van der Waals surface area contributed by atoms with Gasteiger partial charge in [-0.3, -0.25) is 9.59 Å². The molecule has 0 saturated heterocycles. The molecule has 0 atom stereocenters. The highest BCUT2D eigenvalue weighted by molar-refractivity contribution is 5.89. The van der Waals surface area contributed by atoms with E-state index in [9.17, 15) is 9.59 Å². The standard InChI is InChI=1S/C8H10N3O2.ClH/c1-6(12)2-4-11-5-3-10-8(11)7(9)13;/h5H,2,4H2,1H3,(H2,9,13);1H. The number of nitrogens with zero attached hydrogens (tertiary/aromatic N) is 2. The summed E-state index contributed by atoms with van der Waals surface area (Å²) in [4.78, 5) is 25.1. The first-order chi connectivity index (χ1) is 6.11. The van der Waals surface area contributed by atoms with E-state index in [1.165, 1.54) is 17.7 Å². The van der Waals surface area contributed by atoms with Gasteiger partial charge in [0.25, 0.3) is 5.91 Å². The molecule has 1 heterocycles. The van der Waals surface area contributed by atoms with Gasteiger partial charge in [-0.1, -0.05) is 0 Å². The topological polar surface area (TPSA) is 78.0 Å². The molecule has 0 spiro atoms. The van der Waals surface area contributed by atoms with Gasteiger partial charge in [-0.15, -0.1) is 12.4 Å². The molecule has 0 unspecified atom stereocenters. The zero-order chi connectivity index (χ0) is 9.84. The molecule has 0 aliphatic heterocycles. The van der Waals surface area contributed by atoms with E-state index in [0.717, 1.165) is 0 Å². The fourth-order valence-electron chi connectivity index (χ4n) is 0.930. The number of imidazole rings is 1. The van der Waals surface area contributed by atoms with Gasteiger partial charge < -0.3 is 10.3 Å². The van der Waals surface area contributed by atoms with Gasteiger partial charge in [-0.2, -0.15) is 0 Å². The molecule has 1 aromatic rings. The summed E-state index contributed by atoms with van der Waals surface area (Å²) in [5.41, 5.74) is 5.04. The molecule has 0 saturated carbocycles. The Labute approximate surface area is 87.7 Å². The summed E-state index contributed by atoms with van der Waals surface area (Å²) in [7, 11) is 0. The summed E-state index contributed by atoms with van der Waals surface area (Å²) < 4.78 is 1.52. The molecule has 0 aromatic carbocycles. The highest BCUT2D eigenvalue weighted by Gasteiger charge is 2.08. The Morgan fingerprint density at radius 2 is 2.29 bits per heavy atom. The van der Waals surface area contributed by atoms with Gasteiger partial charge in [0, 0.05) is 19.2 Å². The largest absolute Gasteiger partial charge is 0.363 e. The molecule has 0 aliphatic carbocycles. The second kappa shape index (κ2) is 5.39. The number of amides is 1. The number of nitrogens with two attached hydrogens (primary N) is 1. The smallest absolute Gasteiger partial charge is 0.284 e. The lowest BCUT2D eigenvalue weighted by Crippen LogP contribution is -2.18. The minimum atomic E-state index is -0.607. The van der Waals surface area contributed by atoms with Crippen molar-refractivity contribution in [3.05, 3.63) is 18.2 Å². The first-order valence-electron chi connectivity index (χ1n) is 3.83. The van der Waals surface area contributed by atoms with Gasteiger partial charge in [0.05, 0.1) is 0 Å². The second-order valence-electron chi connectivity index (χ2n) is 2.70. The molecule has 5 nitrogen and oxygen atoms in total. The summed E-state index contributed by atoms with van der Waals surface area (Å²) in [6.07, 6.45) is 4.37. The van der Waals surface area contributed by atoms with Crippen molar-refractivity contribution in [2.45, 2.75) is 19.9 Å². The van der Waals surface area contributed by atoms with Crippen LogP contribution < -0.4 is 5.73 Å². The van der Waals surface area contributed by atoms with Crippen LogP contribution in [0.5, 0.6) is 0 Å². The van der Waals surface area contributed by atoms with Gasteiger partial charge in [-0.25, -0.2) is 4.98 Å². The van der Waals surface area contributed by atoms with Gasteiger partial charge >= 0.3 is 0 Å². The molecule has 0 bridgehead atoms. The Morgan fingerprint density at radius 1 is 1.64 bits per heavy atom. The number of primary amides is 1. The lowest BCUT2D eigenvalue weighted by atomic mass is 10.3.